The van der Waals surface area contributed by atoms with Crippen molar-refractivity contribution in [2.75, 3.05) is 6.61 Å². The molecule has 3 heteroatoms. The van der Waals surface area contributed by atoms with E-state index in [-0.39, 0.29) is 11.9 Å². The molecule has 0 bridgehead atoms. The molecule has 1 N–H and O–H groups in total. The third kappa shape index (κ3) is 3.93. The molecule has 1 unspecified atom stereocenters. The van der Waals surface area contributed by atoms with E-state index in [4.69, 9.17) is 4.74 Å². The minimum absolute atomic E-state index is 0.00129. The van der Waals surface area contributed by atoms with Gasteiger partial charge >= 0.3 is 0 Å². The second-order valence-corrected chi connectivity index (χ2v) is 3.85. The van der Waals surface area contributed by atoms with Gasteiger partial charge in [-0.2, -0.15) is 0 Å². The van der Waals surface area contributed by atoms with Crippen molar-refractivity contribution < 1.29 is 9.53 Å². The average Bonchev–Trinajstić information content (AvgIpc) is 2.20. The van der Waals surface area contributed by atoms with Crippen molar-refractivity contribution in [2.45, 2.75) is 33.2 Å². The molecule has 3 nitrogen and oxygen atoms in total. The summed E-state index contributed by atoms with van der Waals surface area (Å²) in [6, 6.07) is 8.05. The monoisotopic (exact) mass is 221 g/mol. The van der Waals surface area contributed by atoms with Crippen LogP contribution in [-0.4, -0.2) is 18.6 Å². The lowest BCUT2D eigenvalue weighted by molar-refractivity contribution is -0.119. The van der Waals surface area contributed by atoms with E-state index >= 15 is 0 Å². The number of nitrogens with one attached hydrogen (secondary N) is 1. The van der Waals surface area contributed by atoms with Gasteiger partial charge in [0.1, 0.15) is 5.75 Å². The summed E-state index contributed by atoms with van der Waals surface area (Å²) in [5, 5.41) is 2.87. The van der Waals surface area contributed by atoms with Gasteiger partial charge in [0.25, 0.3) is 0 Å². The predicted octanol–water partition coefficient (Wildman–Crippen LogP) is 2.15. The van der Waals surface area contributed by atoms with Gasteiger partial charge in [-0.05, 0) is 31.9 Å². The number of ether oxygens (including phenoxy) is 1. The Labute approximate surface area is 96.8 Å². The summed E-state index contributed by atoms with van der Waals surface area (Å²) in [4.78, 5) is 10.9. The van der Waals surface area contributed by atoms with Gasteiger partial charge in [-0.15, -0.1) is 0 Å². The van der Waals surface area contributed by atoms with E-state index in [0.717, 1.165) is 17.7 Å². The second-order valence-electron chi connectivity index (χ2n) is 3.85. The SMILES string of the molecule is CCOc1ccccc1CC(C)NC(C)=O. The Balaban J connectivity index is 2.68. The third-order valence-electron chi connectivity index (χ3n) is 2.25. The summed E-state index contributed by atoms with van der Waals surface area (Å²) in [6.45, 7) is 6.15. The molecule has 0 aromatic heterocycles. The van der Waals surface area contributed by atoms with Crippen LogP contribution in [0, 0.1) is 0 Å². The maximum atomic E-state index is 10.9. The zero-order valence-corrected chi connectivity index (χ0v) is 10.1. The smallest absolute Gasteiger partial charge is 0.217 e. The summed E-state index contributed by atoms with van der Waals surface area (Å²) in [7, 11) is 0. The lowest BCUT2D eigenvalue weighted by Gasteiger charge is -2.15. The standard InChI is InChI=1S/C13H19NO2/c1-4-16-13-8-6-5-7-12(13)9-10(2)14-11(3)15/h5-8,10H,4,9H2,1-3H3,(H,14,15). The molecule has 0 saturated heterocycles. The Kier molecular flexibility index (Phi) is 4.83. The fourth-order valence-corrected chi connectivity index (χ4v) is 1.70. The Morgan fingerprint density at radius 2 is 2.12 bits per heavy atom. The molecule has 0 saturated carbocycles. The number of hydrogen-bond donors (Lipinski definition) is 1. The van der Waals surface area contributed by atoms with Crippen LogP contribution in [0.1, 0.15) is 26.3 Å². The van der Waals surface area contributed by atoms with Crippen LogP contribution in [0.2, 0.25) is 0 Å². The number of carbonyl (C=O) groups excluding carboxylic acids is 1. The minimum Gasteiger partial charge on any atom is -0.494 e. The van der Waals surface area contributed by atoms with Gasteiger partial charge in [0.05, 0.1) is 6.61 Å². The fraction of sp³-hybridized carbons (Fsp3) is 0.462. The molecule has 1 aromatic rings. The molecule has 0 spiro atoms. The molecule has 1 rings (SSSR count). The molecule has 0 fully saturated rings. The lowest BCUT2D eigenvalue weighted by Crippen LogP contribution is -2.32. The molecular weight excluding hydrogens is 202 g/mol. The van der Waals surface area contributed by atoms with Crippen LogP contribution in [0.15, 0.2) is 24.3 Å². The first-order valence-corrected chi connectivity index (χ1v) is 5.61. The lowest BCUT2D eigenvalue weighted by atomic mass is 10.1. The Bertz CT molecular complexity index is 350. The Hall–Kier alpha value is -1.51. The van der Waals surface area contributed by atoms with Crippen LogP contribution in [0.5, 0.6) is 5.75 Å². The third-order valence-corrected chi connectivity index (χ3v) is 2.25. The van der Waals surface area contributed by atoms with E-state index in [1.165, 1.54) is 6.92 Å². The Morgan fingerprint density at radius 1 is 1.44 bits per heavy atom. The summed E-state index contributed by atoms with van der Waals surface area (Å²) >= 11 is 0. The quantitative estimate of drug-likeness (QED) is 0.827. The number of hydrogen-bond acceptors (Lipinski definition) is 2. The molecule has 0 heterocycles. The molecule has 0 radical (unpaired) electrons. The summed E-state index contributed by atoms with van der Waals surface area (Å²) in [5.74, 6) is 0.906. The molecule has 16 heavy (non-hydrogen) atoms. The van der Waals surface area contributed by atoms with Crippen molar-refractivity contribution in [3.63, 3.8) is 0 Å². The van der Waals surface area contributed by atoms with E-state index in [1.807, 2.05) is 38.1 Å². The van der Waals surface area contributed by atoms with E-state index in [0.29, 0.717) is 6.61 Å². The van der Waals surface area contributed by atoms with Gasteiger partial charge in [-0.25, -0.2) is 0 Å². The largest absolute Gasteiger partial charge is 0.494 e. The fourth-order valence-electron chi connectivity index (χ4n) is 1.70. The van der Waals surface area contributed by atoms with E-state index in [9.17, 15) is 4.79 Å². The highest BCUT2D eigenvalue weighted by atomic mass is 16.5. The number of para-hydroxylation sites is 1. The van der Waals surface area contributed by atoms with Crippen molar-refractivity contribution in [1.29, 1.82) is 0 Å². The van der Waals surface area contributed by atoms with Gasteiger partial charge < -0.3 is 10.1 Å². The van der Waals surface area contributed by atoms with Gasteiger partial charge in [0.15, 0.2) is 0 Å². The molecule has 1 atom stereocenters. The van der Waals surface area contributed by atoms with Crippen molar-refractivity contribution >= 4 is 5.91 Å². The topological polar surface area (TPSA) is 38.3 Å². The molecule has 0 aliphatic heterocycles. The maximum absolute atomic E-state index is 10.9. The second kappa shape index (κ2) is 6.16. The zero-order chi connectivity index (χ0) is 12.0. The average molecular weight is 221 g/mol. The number of amides is 1. The van der Waals surface area contributed by atoms with Gasteiger partial charge in [0, 0.05) is 13.0 Å². The summed E-state index contributed by atoms with van der Waals surface area (Å²) in [5.41, 5.74) is 1.13. The highest BCUT2D eigenvalue weighted by Gasteiger charge is 2.08. The van der Waals surface area contributed by atoms with Crippen LogP contribution in [0.25, 0.3) is 0 Å². The van der Waals surface area contributed by atoms with Crippen LogP contribution in [0.4, 0.5) is 0 Å². The minimum atomic E-state index is 0.00129. The normalized spacial score (nSPS) is 11.9. The Morgan fingerprint density at radius 3 is 2.75 bits per heavy atom. The predicted molar refractivity (Wildman–Crippen MR) is 64.6 cm³/mol. The highest BCUT2D eigenvalue weighted by molar-refractivity contribution is 5.73. The van der Waals surface area contributed by atoms with E-state index in [1.54, 1.807) is 0 Å². The van der Waals surface area contributed by atoms with Crippen LogP contribution < -0.4 is 10.1 Å². The van der Waals surface area contributed by atoms with Crippen molar-refractivity contribution in [1.82, 2.24) is 5.32 Å². The number of benzene rings is 1. The number of rotatable bonds is 5. The van der Waals surface area contributed by atoms with E-state index < -0.39 is 0 Å². The van der Waals surface area contributed by atoms with Crippen molar-refractivity contribution in [3.05, 3.63) is 29.8 Å². The molecule has 1 aromatic carbocycles. The van der Waals surface area contributed by atoms with Crippen LogP contribution >= 0.6 is 0 Å². The van der Waals surface area contributed by atoms with Crippen molar-refractivity contribution in [3.8, 4) is 5.75 Å². The highest BCUT2D eigenvalue weighted by Crippen LogP contribution is 2.19. The molecule has 88 valence electrons. The zero-order valence-electron chi connectivity index (χ0n) is 10.1. The van der Waals surface area contributed by atoms with Gasteiger partial charge in [0.2, 0.25) is 5.91 Å². The van der Waals surface area contributed by atoms with Crippen molar-refractivity contribution in [2.24, 2.45) is 0 Å². The summed E-state index contributed by atoms with van der Waals surface area (Å²) in [6.07, 6.45) is 0.787. The molecule has 0 aliphatic rings. The summed E-state index contributed by atoms with van der Waals surface area (Å²) < 4.78 is 5.53. The molecule has 0 aliphatic carbocycles. The first-order chi connectivity index (χ1) is 7.63. The first kappa shape index (κ1) is 12.6. The van der Waals surface area contributed by atoms with Crippen LogP contribution in [0.3, 0.4) is 0 Å². The van der Waals surface area contributed by atoms with Gasteiger partial charge in [-0.1, -0.05) is 18.2 Å². The maximum Gasteiger partial charge on any atom is 0.217 e. The van der Waals surface area contributed by atoms with E-state index in [2.05, 4.69) is 5.32 Å². The molecule has 1 amide bonds. The van der Waals surface area contributed by atoms with Gasteiger partial charge in [-0.3, -0.25) is 4.79 Å². The first-order valence-electron chi connectivity index (χ1n) is 5.61. The van der Waals surface area contributed by atoms with Crippen LogP contribution in [-0.2, 0) is 11.2 Å². The number of carbonyl (C=O) groups is 1. The molecular formula is C13H19NO2.